The van der Waals surface area contributed by atoms with E-state index in [4.69, 9.17) is 4.74 Å². The number of amides is 1. The first-order valence-corrected chi connectivity index (χ1v) is 9.45. The molecule has 1 heterocycles. The number of aromatic nitrogens is 1. The van der Waals surface area contributed by atoms with Crippen LogP contribution in [0.2, 0.25) is 0 Å². The van der Waals surface area contributed by atoms with E-state index in [1.807, 2.05) is 6.07 Å². The molecule has 0 fully saturated rings. The van der Waals surface area contributed by atoms with Crippen molar-refractivity contribution in [2.45, 2.75) is 13.0 Å². The molecule has 1 aromatic heterocycles. The minimum absolute atomic E-state index is 0.0236. The summed E-state index contributed by atoms with van der Waals surface area (Å²) >= 11 is 0. The van der Waals surface area contributed by atoms with Gasteiger partial charge in [-0.15, -0.1) is 0 Å². The second-order valence-corrected chi connectivity index (χ2v) is 6.60. The lowest BCUT2D eigenvalue weighted by Crippen LogP contribution is -2.33. The number of benzene rings is 2. The van der Waals surface area contributed by atoms with E-state index in [0.717, 1.165) is 12.1 Å². The number of carbonyl (C=O) groups is 2. The molecule has 3 rings (SSSR count). The van der Waals surface area contributed by atoms with Gasteiger partial charge in [-0.05, 0) is 35.9 Å². The van der Waals surface area contributed by atoms with Crippen LogP contribution in [-0.4, -0.2) is 35.4 Å². The molecule has 0 N–H and O–H groups in total. The predicted molar refractivity (Wildman–Crippen MR) is 108 cm³/mol. The summed E-state index contributed by atoms with van der Waals surface area (Å²) in [6, 6.07) is 15.3. The number of para-hydroxylation sites is 1. The maximum atomic E-state index is 13.6. The Morgan fingerprint density at radius 1 is 1.00 bits per heavy atom. The summed E-state index contributed by atoms with van der Waals surface area (Å²) in [7, 11) is 1.25. The van der Waals surface area contributed by atoms with Crippen LogP contribution in [0.15, 0.2) is 66.9 Å². The number of rotatable bonds is 8. The molecule has 160 valence electrons. The molecule has 0 saturated heterocycles. The molecule has 8 heteroatoms. The van der Waals surface area contributed by atoms with Gasteiger partial charge in [0, 0.05) is 30.9 Å². The first-order chi connectivity index (χ1) is 15.0. The number of esters is 1. The number of ether oxygens (including phenoxy) is 2. The molecule has 0 atom stereocenters. The maximum Gasteiger partial charge on any atom is 0.307 e. The summed E-state index contributed by atoms with van der Waals surface area (Å²) in [4.78, 5) is 30.2. The monoisotopic (exact) mass is 426 g/mol. The topological polar surface area (TPSA) is 68.7 Å². The van der Waals surface area contributed by atoms with Crippen molar-refractivity contribution in [3.63, 3.8) is 0 Å². The Balaban J connectivity index is 1.81. The fraction of sp³-hybridized carbons (Fsp3) is 0.174. The zero-order valence-corrected chi connectivity index (χ0v) is 16.8. The summed E-state index contributed by atoms with van der Waals surface area (Å²) in [6.45, 7) is 0.00588. The lowest BCUT2D eigenvalue weighted by Gasteiger charge is -2.23. The Bertz CT molecular complexity index is 1060. The fourth-order valence-electron chi connectivity index (χ4n) is 2.83. The van der Waals surface area contributed by atoms with Gasteiger partial charge in [-0.2, -0.15) is 0 Å². The van der Waals surface area contributed by atoms with E-state index in [-0.39, 0.29) is 31.0 Å². The van der Waals surface area contributed by atoms with E-state index in [2.05, 4.69) is 9.72 Å². The van der Waals surface area contributed by atoms with Crippen molar-refractivity contribution in [1.82, 2.24) is 9.88 Å². The average Bonchev–Trinajstić information content (AvgIpc) is 2.79. The molecular formula is C23H20F2N2O4. The largest absolute Gasteiger partial charge is 0.469 e. The van der Waals surface area contributed by atoms with Gasteiger partial charge < -0.3 is 14.4 Å². The van der Waals surface area contributed by atoms with E-state index >= 15 is 0 Å². The standard InChI is InChI=1S/C23H20F2N2O4/c1-30-22(28)10-12-27(15-16-7-8-19(24)20(25)13-16)23(29)17-9-11-26-21(14-17)31-18-5-3-2-4-6-18/h2-9,11,13-14H,10,12,15H2,1H3. The Labute approximate surface area is 178 Å². The van der Waals surface area contributed by atoms with Crippen LogP contribution in [0, 0.1) is 11.6 Å². The number of carbonyl (C=O) groups excluding carboxylic acids is 2. The molecule has 0 aliphatic carbocycles. The molecule has 0 radical (unpaired) electrons. The second-order valence-electron chi connectivity index (χ2n) is 6.60. The number of hydrogen-bond donors (Lipinski definition) is 0. The van der Waals surface area contributed by atoms with Gasteiger partial charge in [0.25, 0.3) is 5.91 Å². The predicted octanol–water partition coefficient (Wildman–Crippen LogP) is 4.36. The maximum absolute atomic E-state index is 13.6. The van der Waals surface area contributed by atoms with Crippen LogP contribution >= 0.6 is 0 Å². The molecule has 0 bridgehead atoms. The van der Waals surface area contributed by atoms with Gasteiger partial charge in [-0.3, -0.25) is 9.59 Å². The number of hydrogen-bond acceptors (Lipinski definition) is 5. The molecule has 2 aromatic carbocycles. The van der Waals surface area contributed by atoms with Crippen LogP contribution in [0.1, 0.15) is 22.3 Å². The SMILES string of the molecule is COC(=O)CCN(Cc1ccc(F)c(F)c1)C(=O)c1ccnc(Oc2ccccc2)c1. The normalized spacial score (nSPS) is 10.4. The van der Waals surface area contributed by atoms with Gasteiger partial charge >= 0.3 is 5.97 Å². The van der Waals surface area contributed by atoms with Gasteiger partial charge in [0.15, 0.2) is 11.6 Å². The van der Waals surface area contributed by atoms with E-state index < -0.39 is 23.5 Å². The highest BCUT2D eigenvalue weighted by Crippen LogP contribution is 2.21. The molecule has 0 saturated carbocycles. The third kappa shape index (κ3) is 6.08. The van der Waals surface area contributed by atoms with Crippen molar-refractivity contribution in [3.8, 4) is 11.6 Å². The first-order valence-electron chi connectivity index (χ1n) is 9.45. The summed E-state index contributed by atoms with van der Waals surface area (Å²) in [5.74, 6) is -2.13. The van der Waals surface area contributed by atoms with E-state index in [9.17, 15) is 18.4 Å². The lowest BCUT2D eigenvalue weighted by atomic mass is 10.1. The van der Waals surface area contributed by atoms with Crippen LogP contribution in [0.4, 0.5) is 8.78 Å². The first kappa shape index (κ1) is 21.9. The molecule has 3 aromatic rings. The Morgan fingerprint density at radius 3 is 2.48 bits per heavy atom. The van der Waals surface area contributed by atoms with E-state index in [1.165, 1.54) is 36.4 Å². The van der Waals surface area contributed by atoms with Crippen LogP contribution in [-0.2, 0) is 16.1 Å². The minimum atomic E-state index is -1.01. The number of pyridine rings is 1. The van der Waals surface area contributed by atoms with Gasteiger partial charge in [0.05, 0.1) is 13.5 Å². The van der Waals surface area contributed by atoms with Crippen LogP contribution < -0.4 is 4.74 Å². The van der Waals surface area contributed by atoms with Gasteiger partial charge in [0.1, 0.15) is 5.75 Å². The number of methoxy groups -OCH3 is 1. The van der Waals surface area contributed by atoms with E-state index in [0.29, 0.717) is 11.3 Å². The smallest absolute Gasteiger partial charge is 0.307 e. The molecule has 0 unspecified atom stereocenters. The Morgan fingerprint density at radius 2 is 1.77 bits per heavy atom. The zero-order valence-electron chi connectivity index (χ0n) is 16.8. The Hall–Kier alpha value is -3.81. The molecular weight excluding hydrogens is 406 g/mol. The van der Waals surface area contributed by atoms with Crippen LogP contribution in [0.3, 0.4) is 0 Å². The van der Waals surface area contributed by atoms with Crippen LogP contribution in [0.5, 0.6) is 11.6 Å². The second kappa shape index (κ2) is 10.3. The minimum Gasteiger partial charge on any atom is -0.469 e. The molecule has 0 aliphatic rings. The highest BCUT2D eigenvalue weighted by Gasteiger charge is 2.19. The number of halogens is 2. The lowest BCUT2D eigenvalue weighted by molar-refractivity contribution is -0.140. The quantitative estimate of drug-likeness (QED) is 0.501. The Kier molecular flexibility index (Phi) is 7.26. The van der Waals surface area contributed by atoms with Crippen molar-refractivity contribution in [2.75, 3.05) is 13.7 Å². The van der Waals surface area contributed by atoms with Gasteiger partial charge in [0.2, 0.25) is 5.88 Å². The average molecular weight is 426 g/mol. The highest BCUT2D eigenvalue weighted by atomic mass is 19.2. The summed E-state index contributed by atoms with van der Waals surface area (Å²) in [6.07, 6.45) is 1.38. The van der Waals surface area contributed by atoms with Crippen LogP contribution in [0.25, 0.3) is 0 Å². The fourth-order valence-corrected chi connectivity index (χ4v) is 2.83. The highest BCUT2D eigenvalue weighted by molar-refractivity contribution is 5.94. The van der Waals surface area contributed by atoms with Gasteiger partial charge in [-0.25, -0.2) is 13.8 Å². The van der Waals surface area contributed by atoms with Crippen molar-refractivity contribution in [3.05, 3.63) is 89.6 Å². The van der Waals surface area contributed by atoms with Crippen molar-refractivity contribution >= 4 is 11.9 Å². The third-order valence-electron chi connectivity index (χ3n) is 4.41. The summed E-state index contributed by atoms with van der Waals surface area (Å²) < 4.78 is 37.2. The molecule has 31 heavy (non-hydrogen) atoms. The van der Waals surface area contributed by atoms with Crippen molar-refractivity contribution < 1.29 is 27.8 Å². The zero-order chi connectivity index (χ0) is 22.2. The van der Waals surface area contributed by atoms with E-state index in [1.54, 1.807) is 24.3 Å². The molecule has 0 aliphatic heterocycles. The van der Waals surface area contributed by atoms with Crippen molar-refractivity contribution in [1.29, 1.82) is 0 Å². The number of nitrogens with zero attached hydrogens (tertiary/aromatic N) is 2. The van der Waals surface area contributed by atoms with Crippen molar-refractivity contribution in [2.24, 2.45) is 0 Å². The summed E-state index contributed by atoms with van der Waals surface area (Å²) in [5.41, 5.74) is 0.653. The molecule has 1 amide bonds. The summed E-state index contributed by atoms with van der Waals surface area (Å²) in [5, 5.41) is 0. The molecule has 0 spiro atoms. The molecule has 6 nitrogen and oxygen atoms in total. The van der Waals surface area contributed by atoms with Gasteiger partial charge in [-0.1, -0.05) is 24.3 Å². The third-order valence-corrected chi connectivity index (χ3v) is 4.41.